The Kier molecular flexibility index (Phi) is 5.29. The maximum atomic E-state index is 11.2. The van der Waals surface area contributed by atoms with Crippen molar-refractivity contribution in [3.05, 3.63) is 0 Å². The molecule has 90 valence electrons. The number of carbonyl (C=O) groups is 1. The third-order valence-electron chi connectivity index (χ3n) is 2.14. The molecule has 0 heterocycles. The summed E-state index contributed by atoms with van der Waals surface area (Å²) in [5.74, 6) is -0.150. The van der Waals surface area contributed by atoms with Gasteiger partial charge in [0.1, 0.15) is 0 Å². The first kappa shape index (κ1) is 14.4. The summed E-state index contributed by atoms with van der Waals surface area (Å²) in [5.41, 5.74) is 6.05. The molecule has 0 aromatic heterocycles. The third-order valence-corrected chi connectivity index (χ3v) is 2.14. The first-order chi connectivity index (χ1) is 6.66. The van der Waals surface area contributed by atoms with Crippen LogP contribution < -0.4 is 5.73 Å². The first-order valence-corrected chi connectivity index (χ1v) is 5.61. The number of rotatable bonds is 5. The molecule has 0 saturated carbocycles. The number of nitrogens with two attached hydrogens (primary N) is 1. The molecule has 0 spiro atoms. The highest BCUT2D eigenvalue weighted by Gasteiger charge is 2.26. The highest BCUT2D eigenvalue weighted by molar-refractivity contribution is 5.69. The molecule has 1 atom stereocenters. The molecule has 0 saturated heterocycles. The predicted octanol–water partition coefficient (Wildman–Crippen LogP) is 2.48. The lowest BCUT2D eigenvalue weighted by atomic mass is 9.79. The van der Waals surface area contributed by atoms with Gasteiger partial charge in [0, 0.05) is 12.0 Å². The molecule has 1 unspecified atom stereocenters. The summed E-state index contributed by atoms with van der Waals surface area (Å²) in [7, 11) is 0. The van der Waals surface area contributed by atoms with Gasteiger partial charge in [-0.2, -0.15) is 0 Å². The van der Waals surface area contributed by atoms with E-state index in [2.05, 4.69) is 20.8 Å². The minimum Gasteiger partial charge on any atom is -0.466 e. The molecule has 0 aromatic rings. The van der Waals surface area contributed by atoms with E-state index in [1.807, 2.05) is 13.8 Å². The van der Waals surface area contributed by atoms with Gasteiger partial charge >= 0.3 is 5.97 Å². The Morgan fingerprint density at radius 2 is 1.80 bits per heavy atom. The van der Waals surface area contributed by atoms with E-state index in [0.717, 1.165) is 6.42 Å². The van der Waals surface area contributed by atoms with Crippen molar-refractivity contribution >= 4 is 5.97 Å². The van der Waals surface area contributed by atoms with E-state index in [4.69, 9.17) is 10.5 Å². The van der Waals surface area contributed by atoms with Crippen molar-refractivity contribution in [3.63, 3.8) is 0 Å². The molecular formula is C12H25NO2. The van der Waals surface area contributed by atoms with Crippen LogP contribution in [0.3, 0.4) is 0 Å². The molecule has 0 fully saturated rings. The molecule has 2 N–H and O–H groups in total. The monoisotopic (exact) mass is 215 g/mol. The van der Waals surface area contributed by atoms with E-state index >= 15 is 0 Å². The van der Waals surface area contributed by atoms with E-state index in [0.29, 0.717) is 19.4 Å². The summed E-state index contributed by atoms with van der Waals surface area (Å²) in [6, 6.07) is 0. The molecule has 0 aliphatic rings. The third kappa shape index (κ3) is 8.43. The quantitative estimate of drug-likeness (QED) is 0.717. The fourth-order valence-corrected chi connectivity index (χ4v) is 1.92. The van der Waals surface area contributed by atoms with Crippen molar-refractivity contribution in [2.45, 2.75) is 59.4 Å². The lowest BCUT2D eigenvalue weighted by Gasteiger charge is -2.32. The lowest BCUT2D eigenvalue weighted by Crippen LogP contribution is -2.40. The second-order valence-corrected chi connectivity index (χ2v) is 5.70. The predicted molar refractivity (Wildman–Crippen MR) is 62.5 cm³/mol. The highest BCUT2D eigenvalue weighted by Crippen LogP contribution is 2.28. The average molecular weight is 215 g/mol. The van der Waals surface area contributed by atoms with Crippen LogP contribution in [0.5, 0.6) is 0 Å². The molecule has 0 aliphatic carbocycles. The van der Waals surface area contributed by atoms with E-state index in [1.165, 1.54) is 0 Å². The minimum absolute atomic E-state index is 0.150. The zero-order valence-corrected chi connectivity index (χ0v) is 10.7. The minimum atomic E-state index is -0.287. The summed E-state index contributed by atoms with van der Waals surface area (Å²) in [4.78, 5) is 11.2. The zero-order valence-electron chi connectivity index (χ0n) is 10.7. The fraction of sp³-hybridized carbons (Fsp3) is 0.917. The Bertz CT molecular complexity index is 204. The van der Waals surface area contributed by atoms with Gasteiger partial charge in [-0.15, -0.1) is 0 Å². The Morgan fingerprint density at radius 3 is 2.20 bits per heavy atom. The van der Waals surface area contributed by atoms with Crippen LogP contribution in [0.25, 0.3) is 0 Å². The van der Waals surface area contributed by atoms with Gasteiger partial charge in [0.05, 0.1) is 6.61 Å². The van der Waals surface area contributed by atoms with Gasteiger partial charge in [-0.3, -0.25) is 4.79 Å². The van der Waals surface area contributed by atoms with Crippen LogP contribution >= 0.6 is 0 Å². The van der Waals surface area contributed by atoms with Crippen LogP contribution in [0.15, 0.2) is 0 Å². The second-order valence-electron chi connectivity index (χ2n) is 5.70. The fourth-order valence-electron chi connectivity index (χ4n) is 1.92. The second kappa shape index (κ2) is 5.50. The molecule has 0 bridgehead atoms. The van der Waals surface area contributed by atoms with Gasteiger partial charge in [0.25, 0.3) is 0 Å². The van der Waals surface area contributed by atoms with Crippen LogP contribution in [0, 0.1) is 5.41 Å². The summed E-state index contributed by atoms with van der Waals surface area (Å²) in [6.45, 7) is 10.7. The van der Waals surface area contributed by atoms with Crippen LogP contribution in [0.4, 0.5) is 0 Å². The van der Waals surface area contributed by atoms with Crippen LogP contribution in [-0.2, 0) is 9.53 Å². The average Bonchev–Trinajstić information content (AvgIpc) is 1.97. The van der Waals surface area contributed by atoms with Crippen LogP contribution in [-0.4, -0.2) is 18.1 Å². The molecule has 3 heteroatoms. The van der Waals surface area contributed by atoms with Gasteiger partial charge in [0.15, 0.2) is 0 Å². The Labute approximate surface area is 93.4 Å². The lowest BCUT2D eigenvalue weighted by molar-refractivity contribution is -0.143. The van der Waals surface area contributed by atoms with Crippen LogP contribution in [0.2, 0.25) is 0 Å². The normalized spacial score (nSPS) is 15.9. The maximum Gasteiger partial charge on any atom is 0.305 e. The summed E-state index contributed by atoms with van der Waals surface area (Å²) in [6.07, 6.45) is 2.00. The van der Waals surface area contributed by atoms with Gasteiger partial charge < -0.3 is 10.5 Å². The molecule has 0 amide bonds. The molecule has 0 radical (unpaired) electrons. The first-order valence-electron chi connectivity index (χ1n) is 5.61. The zero-order chi connectivity index (χ0) is 12.1. The number of esters is 1. The number of hydrogen-bond donors (Lipinski definition) is 1. The van der Waals surface area contributed by atoms with Gasteiger partial charge in [-0.25, -0.2) is 0 Å². The number of hydrogen-bond acceptors (Lipinski definition) is 3. The Hall–Kier alpha value is -0.570. The largest absolute Gasteiger partial charge is 0.466 e. The smallest absolute Gasteiger partial charge is 0.305 e. The van der Waals surface area contributed by atoms with Crippen molar-refractivity contribution in [2.24, 2.45) is 11.1 Å². The van der Waals surface area contributed by atoms with Gasteiger partial charge in [-0.1, -0.05) is 20.8 Å². The van der Waals surface area contributed by atoms with Crippen molar-refractivity contribution in [1.82, 2.24) is 0 Å². The van der Waals surface area contributed by atoms with Crippen molar-refractivity contribution in [3.8, 4) is 0 Å². The van der Waals surface area contributed by atoms with Crippen molar-refractivity contribution in [1.29, 1.82) is 0 Å². The van der Waals surface area contributed by atoms with E-state index in [9.17, 15) is 4.79 Å². The standard InChI is InChI=1S/C12H25NO2/c1-6-15-10(14)7-8-12(5,13)9-11(2,3)4/h6-9,13H2,1-5H3. The molecule has 15 heavy (non-hydrogen) atoms. The summed E-state index contributed by atoms with van der Waals surface area (Å²) >= 11 is 0. The highest BCUT2D eigenvalue weighted by atomic mass is 16.5. The summed E-state index contributed by atoms with van der Waals surface area (Å²) in [5, 5.41) is 0. The topological polar surface area (TPSA) is 52.3 Å². The van der Waals surface area contributed by atoms with Gasteiger partial charge in [-0.05, 0) is 32.1 Å². The molecule has 0 aliphatic heterocycles. The number of ether oxygens (including phenoxy) is 1. The maximum absolute atomic E-state index is 11.2. The van der Waals surface area contributed by atoms with E-state index < -0.39 is 0 Å². The summed E-state index contributed by atoms with van der Waals surface area (Å²) < 4.78 is 4.87. The molecule has 0 aromatic carbocycles. The van der Waals surface area contributed by atoms with E-state index in [-0.39, 0.29) is 16.9 Å². The molecule has 3 nitrogen and oxygen atoms in total. The van der Waals surface area contributed by atoms with E-state index in [1.54, 1.807) is 0 Å². The molecule has 0 rings (SSSR count). The SMILES string of the molecule is CCOC(=O)CCC(C)(N)CC(C)(C)C. The van der Waals surface area contributed by atoms with Gasteiger partial charge in [0.2, 0.25) is 0 Å². The Balaban J connectivity index is 3.99. The molecular weight excluding hydrogens is 190 g/mol. The van der Waals surface area contributed by atoms with Crippen LogP contribution in [0.1, 0.15) is 53.9 Å². The van der Waals surface area contributed by atoms with Crippen molar-refractivity contribution in [2.75, 3.05) is 6.61 Å². The number of carbonyl (C=O) groups excluding carboxylic acids is 1. The Morgan fingerprint density at radius 1 is 1.27 bits per heavy atom. The van der Waals surface area contributed by atoms with Crippen molar-refractivity contribution < 1.29 is 9.53 Å².